The molecular weight excluding hydrogens is 557 g/mol. The number of nitrogens with one attached hydrogen (secondary N) is 1. The molecule has 0 aliphatic carbocycles. The third-order valence-corrected chi connectivity index (χ3v) is 8.85. The van der Waals surface area contributed by atoms with Gasteiger partial charge in [-0.2, -0.15) is 0 Å². The van der Waals surface area contributed by atoms with E-state index in [2.05, 4.69) is 5.32 Å². The van der Waals surface area contributed by atoms with Gasteiger partial charge in [-0.3, -0.25) is 13.9 Å². The Labute approximate surface area is 240 Å². The summed E-state index contributed by atoms with van der Waals surface area (Å²) in [7, 11) is -4.17. The Kier molecular flexibility index (Phi) is 10.4. The lowest BCUT2D eigenvalue weighted by Gasteiger charge is -2.32. The minimum absolute atomic E-state index is 0.0126. The molecule has 0 aliphatic rings. The van der Waals surface area contributed by atoms with E-state index in [1.165, 1.54) is 29.2 Å². The lowest BCUT2D eigenvalue weighted by Crippen LogP contribution is -2.52. The van der Waals surface area contributed by atoms with E-state index in [0.717, 1.165) is 16.3 Å². The molecule has 2 amide bonds. The second kappa shape index (κ2) is 13.3. The first-order valence-electron chi connectivity index (χ1n) is 12.6. The SMILES string of the molecule is CC[C@@H](C)NC(=O)[C@H](C)N(Cc1ccccc1Cl)C(=O)CN(c1cccc(C)c1)S(=O)(=O)c1ccc(Cl)cc1. The predicted octanol–water partition coefficient (Wildman–Crippen LogP) is 5.83. The number of benzene rings is 3. The van der Waals surface area contributed by atoms with Crippen molar-refractivity contribution in [1.82, 2.24) is 10.2 Å². The highest BCUT2D eigenvalue weighted by atomic mass is 35.5. The van der Waals surface area contributed by atoms with Crippen molar-refractivity contribution in [3.8, 4) is 0 Å². The van der Waals surface area contributed by atoms with E-state index in [4.69, 9.17) is 23.2 Å². The molecule has 3 rings (SSSR count). The van der Waals surface area contributed by atoms with E-state index in [9.17, 15) is 18.0 Å². The molecule has 0 saturated heterocycles. The van der Waals surface area contributed by atoms with E-state index in [1.54, 1.807) is 49.4 Å². The maximum absolute atomic E-state index is 13.9. The number of hydrogen-bond donors (Lipinski definition) is 1. The zero-order chi connectivity index (χ0) is 28.7. The number of amides is 2. The van der Waals surface area contributed by atoms with Crippen LogP contribution in [0, 0.1) is 6.92 Å². The molecule has 3 aromatic rings. The van der Waals surface area contributed by atoms with Crippen LogP contribution in [0.15, 0.2) is 77.7 Å². The molecule has 0 saturated carbocycles. The molecule has 0 unspecified atom stereocenters. The third kappa shape index (κ3) is 7.75. The second-order valence-electron chi connectivity index (χ2n) is 9.41. The number of anilines is 1. The quantitative estimate of drug-likeness (QED) is 0.305. The number of nitrogens with zero attached hydrogens (tertiary/aromatic N) is 2. The molecule has 0 fully saturated rings. The fraction of sp³-hybridized carbons (Fsp3) is 0.310. The van der Waals surface area contributed by atoms with E-state index in [1.807, 2.05) is 26.8 Å². The predicted molar refractivity (Wildman–Crippen MR) is 157 cm³/mol. The Morgan fingerprint density at radius 1 is 0.949 bits per heavy atom. The molecule has 7 nitrogen and oxygen atoms in total. The fourth-order valence-electron chi connectivity index (χ4n) is 3.90. The van der Waals surface area contributed by atoms with Gasteiger partial charge in [0.25, 0.3) is 10.0 Å². The molecule has 0 radical (unpaired) electrons. The summed E-state index contributed by atoms with van der Waals surface area (Å²) in [5.74, 6) is -0.895. The van der Waals surface area contributed by atoms with Gasteiger partial charge in [-0.15, -0.1) is 0 Å². The minimum atomic E-state index is -4.17. The van der Waals surface area contributed by atoms with Gasteiger partial charge in [0.2, 0.25) is 11.8 Å². The topological polar surface area (TPSA) is 86.8 Å². The average molecular weight is 591 g/mol. The molecular formula is C29H33Cl2N3O4S. The number of halogens is 2. The van der Waals surface area contributed by atoms with Crippen molar-refractivity contribution in [2.75, 3.05) is 10.8 Å². The summed E-state index contributed by atoms with van der Waals surface area (Å²) < 4.78 is 28.7. The molecule has 10 heteroatoms. The van der Waals surface area contributed by atoms with Gasteiger partial charge in [-0.25, -0.2) is 8.42 Å². The van der Waals surface area contributed by atoms with Crippen LogP contribution in [0.1, 0.15) is 38.3 Å². The lowest BCUT2D eigenvalue weighted by atomic mass is 10.1. The monoisotopic (exact) mass is 589 g/mol. The van der Waals surface area contributed by atoms with Gasteiger partial charge in [-0.05, 0) is 80.8 Å². The molecule has 1 N–H and O–H groups in total. The summed E-state index contributed by atoms with van der Waals surface area (Å²) in [6, 6.07) is 18.7. The van der Waals surface area contributed by atoms with E-state index < -0.39 is 28.5 Å². The summed E-state index contributed by atoms with van der Waals surface area (Å²) in [5.41, 5.74) is 1.79. The van der Waals surface area contributed by atoms with Crippen LogP contribution >= 0.6 is 23.2 Å². The van der Waals surface area contributed by atoms with Crippen LogP contribution in [0.5, 0.6) is 0 Å². The van der Waals surface area contributed by atoms with Crippen molar-refractivity contribution >= 4 is 50.7 Å². The summed E-state index contributed by atoms with van der Waals surface area (Å²) in [6.45, 7) is 6.78. The molecule has 39 heavy (non-hydrogen) atoms. The van der Waals surface area contributed by atoms with Gasteiger partial charge >= 0.3 is 0 Å². The van der Waals surface area contributed by atoms with E-state index in [0.29, 0.717) is 21.3 Å². The maximum Gasteiger partial charge on any atom is 0.264 e. The number of aryl methyl sites for hydroxylation is 1. The maximum atomic E-state index is 13.9. The molecule has 0 aromatic heterocycles. The van der Waals surface area contributed by atoms with Crippen LogP contribution in [-0.4, -0.2) is 43.8 Å². The summed E-state index contributed by atoms with van der Waals surface area (Å²) >= 11 is 12.4. The summed E-state index contributed by atoms with van der Waals surface area (Å²) in [5, 5.41) is 3.74. The van der Waals surface area contributed by atoms with Crippen LogP contribution in [0.3, 0.4) is 0 Å². The van der Waals surface area contributed by atoms with Crippen molar-refractivity contribution in [1.29, 1.82) is 0 Å². The molecule has 0 bridgehead atoms. The number of rotatable bonds is 11. The molecule has 2 atom stereocenters. The van der Waals surface area contributed by atoms with Gasteiger partial charge in [-0.1, -0.05) is 60.5 Å². The van der Waals surface area contributed by atoms with Crippen molar-refractivity contribution in [2.24, 2.45) is 0 Å². The lowest BCUT2D eigenvalue weighted by molar-refractivity contribution is -0.139. The first kappa shape index (κ1) is 30.5. The first-order chi connectivity index (χ1) is 18.4. The normalized spacial score (nSPS) is 12.9. The van der Waals surface area contributed by atoms with Crippen molar-refractivity contribution < 1.29 is 18.0 Å². The molecule has 3 aromatic carbocycles. The minimum Gasteiger partial charge on any atom is -0.352 e. The third-order valence-electron chi connectivity index (χ3n) is 6.44. The van der Waals surface area contributed by atoms with Crippen LogP contribution in [0.2, 0.25) is 10.0 Å². The van der Waals surface area contributed by atoms with Gasteiger partial charge < -0.3 is 10.2 Å². The van der Waals surface area contributed by atoms with Crippen LogP contribution in [0.4, 0.5) is 5.69 Å². The Bertz CT molecular complexity index is 1410. The molecule has 0 spiro atoms. The Morgan fingerprint density at radius 3 is 2.23 bits per heavy atom. The van der Waals surface area contributed by atoms with Gasteiger partial charge in [0.05, 0.1) is 10.6 Å². The zero-order valence-corrected chi connectivity index (χ0v) is 24.7. The number of hydrogen-bond acceptors (Lipinski definition) is 4. The van der Waals surface area contributed by atoms with E-state index >= 15 is 0 Å². The van der Waals surface area contributed by atoms with Crippen LogP contribution in [-0.2, 0) is 26.2 Å². The highest BCUT2D eigenvalue weighted by Gasteiger charge is 2.33. The standard InChI is InChI=1S/C29H33Cl2N3O4S/c1-5-21(3)32-29(36)22(4)33(18-23-10-6-7-12-27(23)31)28(35)19-34(25-11-8-9-20(2)17-25)39(37,38)26-15-13-24(30)14-16-26/h6-17,21-22H,5,18-19H2,1-4H3,(H,32,36)/t21-,22+/m1/s1. The Balaban J connectivity index is 2.04. The largest absolute Gasteiger partial charge is 0.352 e. The Morgan fingerprint density at radius 2 is 1.62 bits per heavy atom. The molecule has 0 aliphatic heterocycles. The second-order valence-corrected chi connectivity index (χ2v) is 12.1. The van der Waals surface area contributed by atoms with Gasteiger partial charge in [0, 0.05) is 22.6 Å². The van der Waals surface area contributed by atoms with Crippen molar-refractivity contribution in [2.45, 2.75) is 57.6 Å². The van der Waals surface area contributed by atoms with Crippen LogP contribution < -0.4 is 9.62 Å². The molecule has 0 heterocycles. The van der Waals surface area contributed by atoms with Crippen molar-refractivity contribution in [3.63, 3.8) is 0 Å². The van der Waals surface area contributed by atoms with Gasteiger partial charge in [0.1, 0.15) is 12.6 Å². The smallest absolute Gasteiger partial charge is 0.264 e. The number of carbonyl (C=O) groups is 2. The van der Waals surface area contributed by atoms with E-state index in [-0.39, 0.29) is 23.4 Å². The average Bonchev–Trinajstić information content (AvgIpc) is 2.90. The fourth-order valence-corrected chi connectivity index (χ4v) is 5.63. The number of carbonyl (C=O) groups excluding carboxylic acids is 2. The summed E-state index contributed by atoms with van der Waals surface area (Å²) in [6.07, 6.45) is 0.720. The summed E-state index contributed by atoms with van der Waals surface area (Å²) in [4.78, 5) is 28.4. The number of sulfonamides is 1. The van der Waals surface area contributed by atoms with Crippen molar-refractivity contribution in [3.05, 3.63) is 94.0 Å². The molecule has 208 valence electrons. The first-order valence-corrected chi connectivity index (χ1v) is 14.8. The van der Waals surface area contributed by atoms with Crippen LogP contribution in [0.25, 0.3) is 0 Å². The highest BCUT2D eigenvalue weighted by Crippen LogP contribution is 2.27. The van der Waals surface area contributed by atoms with Gasteiger partial charge in [0.15, 0.2) is 0 Å². The highest BCUT2D eigenvalue weighted by molar-refractivity contribution is 7.92. The zero-order valence-electron chi connectivity index (χ0n) is 22.4. The Hall–Kier alpha value is -3.07.